The molecule has 0 aromatic heterocycles. The number of rotatable bonds is 25. The summed E-state index contributed by atoms with van der Waals surface area (Å²) in [4.78, 5) is 110. The van der Waals surface area contributed by atoms with E-state index in [0.29, 0.717) is 57.1 Å². The predicted molar refractivity (Wildman–Crippen MR) is 230 cm³/mol. The Kier molecular flexibility index (Phi) is 20.1. The summed E-state index contributed by atoms with van der Waals surface area (Å²) in [7, 11) is 0. The molecule has 7 atom stereocenters. The van der Waals surface area contributed by atoms with Gasteiger partial charge in [-0.1, -0.05) is 46.2 Å². The summed E-state index contributed by atoms with van der Waals surface area (Å²) in [5.74, 6) is -7.48. The number of aliphatic imine (C=N–C) groups is 1. The Morgan fingerprint density at radius 1 is 0.825 bits per heavy atom. The number of aliphatic carboxylic acids is 2. The van der Waals surface area contributed by atoms with Crippen LogP contribution in [0.2, 0.25) is 0 Å². The molecule has 0 radical (unpaired) electrons. The van der Waals surface area contributed by atoms with Crippen LogP contribution in [0.4, 0.5) is 0 Å². The van der Waals surface area contributed by atoms with E-state index in [0.717, 1.165) is 0 Å². The highest BCUT2D eigenvalue weighted by molar-refractivity contribution is 5.96. The lowest BCUT2D eigenvalue weighted by Gasteiger charge is -2.38. The lowest BCUT2D eigenvalue weighted by Crippen LogP contribution is -2.61. The average Bonchev–Trinajstić information content (AvgIpc) is 3.71. The number of phenolic OH excluding ortho intramolecular Hbond substituents is 1. The van der Waals surface area contributed by atoms with Crippen molar-refractivity contribution in [3.63, 3.8) is 0 Å². The van der Waals surface area contributed by atoms with Crippen LogP contribution in [0, 0.1) is 23.7 Å². The van der Waals surface area contributed by atoms with Gasteiger partial charge in [-0.15, -0.1) is 0 Å². The van der Waals surface area contributed by atoms with Gasteiger partial charge < -0.3 is 64.0 Å². The first kappa shape index (κ1) is 51.4. The maximum Gasteiger partial charge on any atom is 0.326 e. The third kappa shape index (κ3) is 16.0. The van der Waals surface area contributed by atoms with Gasteiger partial charge in [-0.25, -0.2) is 4.79 Å². The van der Waals surface area contributed by atoms with Crippen molar-refractivity contribution in [2.24, 2.45) is 45.9 Å². The van der Waals surface area contributed by atoms with Gasteiger partial charge in [0, 0.05) is 32.0 Å². The van der Waals surface area contributed by atoms with Gasteiger partial charge in [-0.3, -0.25) is 38.6 Å². The zero-order chi connectivity index (χ0) is 47.0. The molecule has 2 aliphatic rings. The van der Waals surface area contributed by atoms with Crippen molar-refractivity contribution in [3.05, 3.63) is 29.8 Å². The Morgan fingerprint density at radius 2 is 1.44 bits per heavy atom. The zero-order valence-electron chi connectivity index (χ0n) is 36.5. The molecular formula is C42H66N10O11. The molecule has 3 rings (SSSR count). The van der Waals surface area contributed by atoms with E-state index in [4.69, 9.17) is 22.3 Å². The van der Waals surface area contributed by atoms with Crippen LogP contribution in [0.5, 0.6) is 5.75 Å². The monoisotopic (exact) mass is 886 g/mol. The summed E-state index contributed by atoms with van der Waals surface area (Å²) in [6, 6.07) is -1.08. The van der Waals surface area contributed by atoms with Crippen LogP contribution in [0.3, 0.4) is 0 Å². The number of carbonyl (C=O) groups excluding carboxylic acids is 6. The fourth-order valence-electron chi connectivity index (χ4n) is 7.56. The van der Waals surface area contributed by atoms with Crippen molar-refractivity contribution < 1.29 is 53.7 Å². The highest BCUT2D eigenvalue weighted by atomic mass is 16.4. The van der Waals surface area contributed by atoms with Gasteiger partial charge in [0.1, 0.15) is 36.0 Å². The number of nitrogens with two attached hydrogens (primary N) is 3. The Hall–Kier alpha value is -5.99. The largest absolute Gasteiger partial charge is 0.508 e. The van der Waals surface area contributed by atoms with Crippen molar-refractivity contribution in [2.75, 3.05) is 19.6 Å². The molecule has 21 heteroatoms. The lowest BCUT2D eigenvalue weighted by molar-refractivity contribution is -0.152. The first-order valence-electron chi connectivity index (χ1n) is 21.5. The Balaban J connectivity index is 1.75. The van der Waals surface area contributed by atoms with Crippen molar-refractivity contribution >= 4 is 53.3 Å². The topological polar surface area (TPSA) is 351 Å². The van der Waals surface area contributed by atoms with E-state index >= 15 is 0 Å². The number of amides is 6. The van der Waals surface area contributed by atoms with Gasteiger partial charge >= 0.3 is 11.9 Å². The van der Waals surface area contributed by atoms with Crippen molar-refractivity contribution in [2.45, 2.75) is 128 Å². The summed E-state index contributed by atoms with van der Waals surface area (Å²) < 4.78 is 0. The SMILES string of the molecule is CCC(C)[C@H](NC(=O)C(Cc1ccc(O)cc1)NC(=O)[C@@H](NC(=O)[C@H](CCCCN=C(N)N)NC(=O)[C@@H](N)CC(=O)O)C(C)C)C(=O)NCC1CC(C(=O)N2CCC[C@H]2C(=O)O)C1. The second-order valence-electron chi connectivity index (χ2n) is 16.9. The van der Waals surface area contributed by atoms with E-state index in [1.165, 1.54) is 17.0 Å². The molecule has 1 aliphatic carbocycles. The number of hydrogen-bond donors (Lipinski definition) is 11. The van der Waals surface area contributed by atoms with E-state index in [9.17, 15) is 48.6 Å². The van der Waals surface area contributed by atoms with E-state index in [-0.39, 0.29) is 61.3 Å². The Labute approximate surface area is 367 Å². The number of carboxylic acid groups (broad SMARTS) is 2. The van der Waals surface area contributed by atoms with Gasteiger partial charge in [-0.05, 0) is 80.4 Å². The number of likely N-dealkylation sites (tertiary alicyclic amines) is 1. The predicted octanol–water partition coefficient (Wildman–Crippen LogP) is -0.960. The summed E-state index contributed by atoms with van der Waals surface area (Å²) in [5.41, 5.74) is 17.1. The first-order valence-corrected chi connectivity index (χ1v) is 21.5. The van der Waals surface area contributed by atoms with E-state index < -0.39 is 90.1 Å². The van der Waals surface area contributed by atoms with Crippen LogP contribution in [-0.4, -0.2) is 129 Å². The number of nitrogens with zero attached hydrogens (tertiary/aromatic N) is 2. The van der Waals surface area contributed by atoms with Gasteiger partial charge in [0.2, 0.25) is 35.4 Å². The fourth-order valence-corrected chi connectivity index (χ4v) is 7.56. The average molecular weight is 887 g/mol. The minimum Gasteiger partial charge on any atom is -0.508 e. The Morgan fingerprint density at radius 3 is 2.03 bits per heavy atom. The molecule has 6 amide bonds. The van der Waals surface area contributed by atoms with Crippen LogP contribution in [0.1, 0.15) is 91.0 Å². The molecule has 350 valence electrons. The molecule has 2 unspecified atom stereocenters. The number of aromatic hydroxyl groups is 1. The summed E-state index contributed by atoms with van der Waals surface area (Å²) in [6.07, 6.45) is 2.59. The minimum absolute atomic E-state index is 0.0224. The number of hydrogen-bond acceptors (Lipinski definition) is 11. The molecule has 1 heterocycles. The summed E-state index contributed by atoms with van der Waals surface area (Å²) in [5, 5.41) is 42.1. The zero-order valence-corrected chi connectivity index (χ0v) is 36.5. The molecule has 63 heavy (non-hydrogen) atoms. The molecule has 2 fully saturated rings. The molecule has 0 bridgehead atoms. The minimum atomic E-state index is -1.46. The second kappa shape index (κ2) is 24.6. The number of phenols is 1. The maximum atomic E-state index is 14.2. The molecule has 1 aliphatic heterocycles. The standard InChI is InChI=1S/C42H66N10O11/c1-5-23(4)34(38(59)47-21-25-17-26(18-25)40(61)52-16-8-10-31(52)41(62)63)51-37(58)30(19-24-11-13-27(53)14-12-24)49-39(60)33(22(2)3)50-36(57)29(9-6-7-15-46-42(44)45)48-35(56)28(43)20-32(54)55/h11-14,22-23,25-26,28-31,33-34,53H,5-10,15-21,43H2,1-4H3,(H,47,59)(H,48,56)(H,49,60)(H,50,57)(H,51,58)(H,54,55)(H,62,63)(H4,44,45,46)/t23?,25?,26?,28-,29-,30?,31-,33-,34-/m0/s1. The Bertz CT molecular complexity index is 1800. The van der Waals surface area contributed by atoms with E-state index in [1.54, 1.807) is 32.9 Å². The first-order chi connectivity index (χ1) is 29.7. The van der Waals surface area contributed by atoms with E-state index in [2.05, 4.69) is 31.6 Å². The van der Waals surface area contributed by atoms with Crippen LogP contribution < -0.4 is 43.8 Å². The second-order valence-corrected chi connectivity index (χ2v) is 16.9. The maximum absolute atomic E-state index is 14.2. The molecule has 1 saturated heterocycles. The van der Waals surface area contributed by atoms with E-state index in [1.807, 2.05) is 6.92 Å². The third-order valence-corrected chi connectivity index (χ3v) is 11.6. The highest BCUT2D eigenvalue weighted by Gasteiger charge is 2.42. The van der Waals surface area contributed by atoms with Crippen molar-refractivity contribution in [3.8, 4) is 5.75 Å². The number of unbranched alkanes of at least 4 members (excludes halogenated alkanes) is 1. The van der Waals surface area contributed by atoms with Crippen LogP contribution in [-0.2, 0) is 44.8 Å². The quantitative estimate of drug-likeness (QED) is 0.0320. The molecule has 1 aromatic carbocycles. The number of nitrogens with one attached hydrogen (secondary N) is 5. The molecule has 21 nitrogen and oxygen atoms in total. The molecule has 14 N–H and O–H groups in total. The lowest BCUT2D eigenvalue weighted by atomic mass is 9.74. The summed E-state index contributed by atoms with van der Waals surface area (Å²) in [6.45, 7) is 7.85. The van der Waals surface area contributed by atoms with Crippen LogP contribution in [0.15, 0.2) is 29.3 Å². The van der Waals surface area contributed by atoms with Crippen molar-refractivity contribution in [1.29, 1.82) is 0 Å². The number of carboxylic acids is 2. The molecular weight excluding hydrogens is 821 g/mol. The van der Waals surface area contributed by atoms with Gasteiger partial charge in [0.25, 0.3) is 0 Å². The normalized spacial score (nSPS) is 19.8. The summed E-state index contributed by atoms with van der Waals surface area (Å²) >= 11 is 0. The fraction of sp³-hybridized carbons (Fsp3) is 0.643. The number of guanidine groups is 1. The van der Waals surface area contributed by atoms with Crippen molar-refractivity contribution in [1.82, 2.24) is 31.5 Å². The smallest absolute Gasteiger partial charge is 0.326 e. The number of carbonyl (C=O) groups is 8. The van der Waals surface area contributed by atoms with Gasteiger partial charge in [0.05, 0.1) is 12.5 Å². The third-order valence-electron chi connectivity index (χ3n) is 11.6. The molecule has 1 aromatic rings. The van der Waals surface area contributed by atoms with Gasteiger partial charge in [0.15, 0.2) is 5.96 Å². The van der Waals surface area contributed by atoms with Crippen LogP contribution >= 0.6 is 0 Å². The van der Waals surface area contributed by atoms with Crippen LogP contribution in [0.25, 0.3) is 0 Å². The molecule has 1 saturated carbocycles. The van der Waals surface area contributed by atoms with Gasteiger partial charge in [-0.2, -0.15) is 0 Å². The number of benzene rings is 1. The molecule has 0 spiro atoms. The highest BCUT2D eigenvalue weighted by Crippen LogP contribution is 2.36.